The third kappa shape index (κ3) is 3.86. The predicted molar refractivity (Wildman–Crippen MR) is 105 cm³/mol. The molecule has 26 heavy (non-hydrogen) atoms. The van der Waals surface area contributed by atoms with Crippen LogP contribution in [0.2, 0.25) is 10.0 Å². The summed E-state index contributed by atoms with van der Waals surface area (Å²) in [5, 5.41) is 0.0367. The fourth-order valence-electron chi connectivity index (χ4n) is 3.27. The van der Waals surface area contributed by atoms with E-state index in [2.05, 4.69) is 16.9 Å². The molecule has 0 unspecified atom stereocenters. The van der Waals surface area contributed by atoms with E-state index >= 15 is 0 Å². The van der Waals surface area contributed by atoms with E-state index < -0.39 is 10.0 Å². The van der Waals surface area contributed by atoms with E-state index in [-0.39, 0.29) is 21.0 Å². The number of aryl methyl sites for hydroxylation is 2. The average Bonchev–Trinajstić information content (AvgIpc) is 2.62. The molecule has 1 N–H and O–H groups in total. The summed E-state index contributed by atoms with van der Waals surface area (Å²) in [6.45, 7) is 1.82. The molecule has 4 nitrogen and oxygen atoms in total. The third-order valence-corrected chi connectivity index (χ3v) is 7.29. The summed E-state index contributed by atoms with van der Waals surface area (Å²) < 4.78 is 33.3. The first kappa shape index (κ1) is 19.5. The van der Waals surface area contributed by atoms with Crippen LogP contribution in [0.15, 0.2) is 35.2 Å². The van der Waals surface area contributed by atoms with Crippen molar-refractivity contribution in [2.75, 3.05) is 7.11 Å². The molecule has 2 aromatic rings. The molecular formula is C19H21Cl2NO3S. The molecule has 0 aliphatic heterocycles. The van der Waals surface area contributed by atoms with Crippen LogP contribution in [0.3, 0.4) is 0 Å². The van der Waals surface area contributed by atoms with Gasteiger partial charge >= 0.3 is 0 Å². The maximum Gasteiger partial charge on any atom is 0.242 e. The summed E-state index contributed by atoms with van der Waals surface area (Å²) >= 11 is 12.2. The first-order valence-corrected chi connectivity index (χ1v) is 10.7. The molecule has 1 aliphatic carbocycles. The molecule has 0 heterocycles. The van der Waals surface area contributed by atoms with Gasteiger partial charge < -0.3 is 4.74 Å². The van der Waals surface area contributed by atoms with Gasteiger partial charge in [0, 0.05) is 6.04 Å². The van der Waals surface area contributed by atoms with E-state index in [9.17, 15) is 8.42 Å². The molecule has 0 aromatic heterocycles. The van der Waals surface area contributed by atoms with Gasteiger partial charge in [-0.15, -0.1) is 0 Å². The fourth-order valence-corrected chi connectivity index (χ4v) is 5.34. The number of hydrogen-bond donors (Lipinski definition) is 1. The Morgan fingerprint density at radius 3 is 2.42 bits per heavy atom. The second-order valence-corrected chi connectivity index (χ2v) is 8.91. The number of methoxy groups -OCH3 is 1. The van der Waals surface area contributed by atoms with Crippen molar-refractivity contribution in [2.24, 2.45) is 0 Å². The van der Waals surface area contributed by atoms with Crippen molar-refractivity contribution in [3.05, 3.63) is 57.1 Å². The highest BCUT2D eigenvalue weighted by molar-refractivity contribution is 7.89. The van der Waals surface area contributed by atoms with Gasteiger partial charge in [-0.2, -0.15) is 0 Å². The third-order valence-electron chi connectivity index (χ3n) is 4.73. The zero-order valence-corrected chi connectivity index (χ0v) is 17.0. The van der Waals surface area contributed by atoms with Crippen LogP contribution in [-0.4, -0.2) is 15.5 Å². The number of fused-ring (bicyclic) bond motifs is 1. The number of benzene rings is 2. The largest absolute Gasteiger partial charge is 0.495 e. The Morgan fingerprint density at radius 1 is 1.04 bits per heavy atom. The summed E-state index contributed by atoms with van der Waals surface area (Å²) in [5.41, 5.74) is 3.61. The Balaban J connectivity index is 1.87. The second kappa shape index (κ2) is 7.77. The van der Waals surface area contributed by atoms with Crippen molar-refractivity contribution in [3.63, 3.8) is 0 Å². The zero-order valence-electron chi connectivity index (χ0n) is 14.7. The number of sulfonamides is 1. The summed E-state index contributed by atoms with van der Waals surface area (Å²) in [6, 6.07) is 8.70. The van der Waals surface area contributed by atoms with Crippen molar-refractivity contribution in [1.29, 1.82) is 0 Å². The van der Waals surface area contributed by atoms with Gasteiger partial charge in [0.1, 0.15) is 15.7 Å². The molecule has 0 saturated carbocycles. The molecule has 0 bridgehead atoms. The van der Waals surface area contributed by atoms with Crippen LogP contribution in [0.25, 0.3) is 0 Å². The lowest BCUT2D eigenvalue weighted by molar-refractivity contribution is 0.414. The summed E-state index contributed by atoms with van der Waals surface area (Å²) in [6.07, 6.45) is 4.53. The van der Waals surface area contributed by atoms with Crippen LogP contribution >= 0.6 is 23.2 Å². The van der Waals surface area contributed by atoms with Crippen LogP contribution in [0.4, 0.5) is 0 Å². The Morgan fingerprint density at radius 2 is 1.73 bits per heavy atom. The summed E-state index contributed by atoms with van der Waals surface area (Å²) in [4.78, 5) is -0.0604. The van der Waals surface area contributed by atoms with E-state index in [0.717, 1.165) is 18.4 Å². The number of halogens is 2. The maximum absolute atomic E-state index is 12.8. The maximum atomic E-state index is 12.8. The first-order chi connectivity index (χ1) is 12.3. The Hall–Kier alpha value is -1.27. The Labute approximate surface area is 164 Å². The minimum Gasteiger partial charge on any atom is -0.495 e. The van der Waals surface area contributed by atoms with E-state index in [4.69, 9.17) is 27.9 Å². The van der Waals surface area contributed by atoms with Crippen molar-refractivity contribution in [2.45, 2.75) is 43.5 Å². The molecule has 0 amide bonds. The Bertz CT molecular complexity index is 929. The molecular weight excluding hydrogens is 393 g/mol. The highest BCUT2D eigenvalue weighted by Crippen LogP contribution is 2.37. The molecule has 140 valence electrons. The van der Waals surface area contributed by atoms with Crippen LogP contribution in [0, 0.1) is 0 Å². The van der Waals surface area contributed by atoms with E-state index in [1.54, 1.807) is 0 Å². The fraction of sp³-hybridized carbons (Fsp3) is 0.368. The smallest absolute Gasteiger partial charge is 0.242 e. The molecule has 7 heteroatoms. The molecule has 3 rings (SSSR count). The number of ether oxygens (including phenoxy) is 1. The van der Waals surface area contributed by atoms with Gasteiger partial charge in [0.05, 0.1) is 12.1 Å². The van der Waals surface area contributed by atoms with Gasteiger partial charge in [-0.05, 0) is 61.4 Å². The van der Waals surface area contributed by atoms with Crippen LogP contribution < -0.4 is 9.46 Å². The number of rotatable bonds is 5. The van der Waals surface area contributed by atoms with Crippen LogP contribution in [0.5, 0.6) is 5.75 Å². The van der Waals surface area contributed by atoms with Gasteiger partial charge in [0.25, 0.3) is 0 Å². The van der Waals surface area contributed by atoms with Gasteiger partial charge in [0.15, 0.2) is 0 Å². The predicted octanol–water partition coefficient (Wildman–Crippen LogP) is 4.92. The highest BCUT2D eigenvalue weighted by atomic mass is 35.5. The summed E-state index contributed by atoms with van der Waals surface area (Å²) in [7, 11) is -2.38. The number of nitrogens with one attached hydrogen (secondary N) is 1. The molecule has 1 atom stereocenters. The Kier molecular flexibility index (Phi) is 5.82. The monoisotopic (exact) mass is 413 g/mol. The highest BCUT2D eigenvalue weighted by Gasteiger charge is 2.24. The molecule has 0 saturated heterocycles. The average molecular weight is 414 g/mol. The summed E-state index contributed by atoms with van der Waals surface area (Å²) in [5.74, 6) is 0.332. The SMILES string of the molecule is COc1ccc(S(=O)(=O)N[C@@H](C)c2ccc3c(c2)CCCC3)c(Cl)c1Cl. The molecule has 2 aromatic carbocycles. The van der Waals surface area contributed by atoms with E-state index in [1.807, 2.05) is 13.0 Å². The lowest BCUT2D eigenvalue weighted by Gasteiger charge is -2.20. The van der Waals surface area contributed by atoms with Crippen LogP contribution in [0.1, 0.15) is 42.5 Å². The molecule has 0 radical (unpaired) electrons. The van der Waals surface area contributed by atoms with Gasteiger partial charge in [-0.1, -0.05) is 41.4 Å². The minimum atomic E-state index is -3.83. The van der Waals surface area contributed by atoms with Gasteiger partial charge in [-0.25, -0.2) is 13.1 Å². The number of hydrogen-bond acceptors (Lipinski definition) is 3. The van der Waals surface area contributed by atoms with Crippen molar-refractivity contribution in [1.82, 2.24) is 4.72 Å². The van der Waals surface area contributed by atoms with Gasteiger partial charge in [0.2, 0.25) is 10.0 Å². The standard InChI is InChI=1S/C19H21Cl2NO3S/c1-12(14-8-7-13-5-3-4-6-15(13)11-14)22-26(23,24)17-10-9-16(25-2)18(20)19(17)21/h7-12,22H,3-6H2,1-2H3/t12-/m0/s1. The van der Waals surface area contributed by atoms with Crippen molar-refractivity contribution in [3.8, 4) is 5.75 Å². The minimum absolute atomic E-state index is 0.0452. The van der Waals surface area contributed by atoms with E-state index in [0.29, 0.717) is 5.75 Å². The molecule has 0 fully saturated rings. The first-order valence-electron chi connectivity index (χ1n) is 8.49. The van der Waals surface area contributed by atoms with E-state index in [1.165, 1.54) is 43.2 Å². The topological polar surface area (TPSA) is 55.4 Å². The van der Waals surface area contributed by atoms with Crippen molar-refractivity contribution >= 4 is 33.2 Å². The lowest BCUT2D eigenvalue weighted by atomic mass is 9.89. The second-order valence-electron chi connectivity index (χ2n) is 6.47. The zero-order chi connectivity index (χ0) is 18.9. The molecule has 0 spiro atoms. The normalized spacial score (nSPS) is 15.4. The lowest BCUT2D eigenvalue weighted by Crippen LogP contribution is -2.27. The van der Waals surface area contributed by atoms with Crippen molar-refractivity contribution < 1.29 is 13.2 Å². The molecule has 1 aliphatic rings. The van der Waals surface area contributed by atoms with Gasteiger partial charge in [-0.3, -0.25) is 0 Å². The van der Waals surface area contributed by atoms with Crippen LogP contribution in [-0.2, 0) is 22.9 Å². The quantitative estimate of drug-likeness (QED) is 0.756.